The number of carbonyl (C=O) groups is 1. The Morgan fingerprint density at radius 1 is 1.06 bits per heavy atom. The first-order valence-electron chi connectivity index (χ1n) is 9.63. The number of hydrogen-bond donors (Lipinski definition) is 2. The lowest BCUT2D eigenvalue weighted by atomic mass is 10.2. The van der Waals surface area contributed by atoms with E-state index in [0.717, 1.165) is 10.2 Å². The van der Waals surface area contributed by atoms with Crippen molar-refractivity contribution in [2.75, 3.05) is 11.1 Å². The number of nitrogens with zero attached hydrogens (tertiary/aromatic N) is 3. The molecule has 32 heavy (non-hydrogen) atoms. The standard InChI is InChI=1S/C23H19BrN4O3S/c1-28-22(19-13-15(24)7-12-20(19)29)26-27-23(28)32-14-21(30)25-16-8-10-18(11-9-16)31-17-5-3-2-4-6-17/h2-13,29H,14H2,1H3,(H,25,30). The molecule has 162 valence electrons. The third-order valence-corrected chi connectivity index (χ3v) is 6.00. The van der Waals surface area contributed by atoms with Crippen LogP contribution in [0.3, 0.4) is 0 Å². The highest BCUT2D eigenvalue weighted by molar-refractivity contribution is 9.10. The fraction of sp³-hybridized carbons (Fsp3) is 0.0870. The lowest BCUT2D eigenvalue weighted by Crippen LogP contribution is -2.14. The van der Waals surface area contributed by atoms with E-state index in [4.69, 9.17) is 4.74 Å². The van der Waals surface area contributed by atoms with Crippen LogP contribution in [0.25, 0.3) is 11.4 Å². The van der Waals surface area contributed by atoms with Gasteiger partial charge in [-0.3, -0.25) is 4.79 Å². The van der Waals surface area contributed by atoms with Gasteiger partial charge in [-0.05, 0) is 54.6 Å². The Morgan fingerprint density at radius 3 is 2.53 bits per heavy atom. The zero-order chi connectivity index (χ0) is 22.5. The maximum atomic E-state index is 12.4. The third kappa shape index (κ3) is 5.30. The molecule has 1 heterocycles. The monoisotopic (exact) mass is 510 g/mol. The first-order valence-corrected chi connectivity index (χ1v) is 11.4. The Balaban J connectivity index is 1.34. The molecule has 0 aliphatic rings. The molecule has 0 bridgehead atoms. The van der Waals surface area contributed by atoms with Crippen molar-refractivity contribution >= 4 is 39.3 Å². The molecule has 1 amide bonds. The van der Waals surface area contributed by atoms with Gasteiger partial charge in [0.05, 0.1) is 11.3 Å². The molecule has 0 saturated heterocycles. The summed E-state index contributed by atoms with van der Waals surface area (Å²) in [6, 6.07) is 21.8. The van der Waals surface area contributed by atoms with Crippen LogP contribution in [0.2, 0.25) is 0 Å². The molecule has 1 aromatic heterocycles. The van der Waals surface area contributed by atoms with Crippen molar-refractivity contribution in [1.29, 1.82) is 0 Å². The molecule has 0 fully saturated rings. The summed E-state index contributed by atoms with van der Waals surface area (Å²) in [5.74, 6) is 2.06. The highest BCUT2D eigenvalue weighted by Crippen LogP contribution is 2.32. The van der Waals surface area contributed by atoms with Crippen LogP contribution in [0.5, 0.6) is 17.2 Å². The molecule has 4 rings (SSSR count). The van der Waals surface area contributed by atoms with Crippen LogP contribution in [-0.2, 0) is 11.8 Å². The van der Waals surface area contributed by atoms with Gasteiger partial charge in [-0.25, -0.2) is 0 Å². The number of carbonyl (C=O) groups excluding carboxylic acids is 1. The fourth-order valence-electron chi connectivity index (χ4n) is 2.92. The van der Waals surface area contributed by atoms with Gasteiger partial charge in [-0.2, -0.15) is 0 Å². The van der Waals surface area contributed by atoms with Crippen molar-refractivity contribution in [2.45, 2.75) is 5.16 Å². The van der Waals surface area contributed by atoms with E-state index in [9.17, 15) is 9.90 Å². The van der Waals surface area contributed by atoms with E-state index in [0.29, 0.717) is 28.0 Å². The van der Waals surface area contributed by atoms with Gasteiger partial charge in [0, 0.05) is 17.2 Å². The average molecular weight is 511 g/mol. The van der Waals surface area contributed by atoms with Crippen molar-refractivity contribution in [3.63, 3.8) is 0 Å². The molecule has 0 atom stereocenters. The van der Waals surface area contributed by atoms with Crippen LogP contribution < -0.4 is 10.1 Å². The lowest BCUT2D eigenvalue weighted by molar-refractivity contribution is -0.113. The Hall–Kier alpha value is -3.30. The second-order valence-corrected chi connectivity index (χ2v) is 8.66. The molecule has 0 aliphatic carbocycles. The van der Waals surface area contributed by atoms with Crippen molar-refractivity contribution in [2.24, 2.45) is 7.05 Å². The molecule has 0 aliphatic heterocycles. The number of ether oxygens (including phenoxy) is 1. The Morgan fingerprint density at radius 2 is 1.78 bits per heavy atom. The number of benzene rings is 3. The molecule has 0 unspecified atom stereocenters. The van der Waals surface area contributed by atoms with E-state index in [1.54, 1.807) is 54.1 Å². The summed E-state index contributed by atoms with van der Waals surface area (Å²) in [4.78, 5) is 12.4. The zero-order valence-electron chi connectivity index (χ0n) is 17.0. The second kappa shape index (κ2) is 9.88. The minimum absolute atomic E-state index is 0.109. The van der Waals surface area contributed by atoms with E-state index in [1.165, 1.54) is 11.8 Å². The van der Waals surface area contributed by atoms with E-state index >= 15 is 0 Å². The summed E-state index contributed by atoms with van der Waals surface area (Å²) in [5.41, 5.74) is 1.23. The van der Waals surface area contributed by atoms with Crippen molar-refractivity contribution < 1.29 is 14.6 Å². The van der Waals surface area contributed by atoms with E-state index in [-0.39, 0.29) is 17.4 Å². The topological polar surface area (TPSA) is 89.3 Å². The average Bonchev–Trinajstić information content (AvgIpc) is 3.16. The van der Waals surface area contributed by atoms with E-state index in [1.807, 2.05) is 30.3 Å². The quantitative estimate of drug-likeness (QED) is 0.320. The number of halogens is 1. The lowest BCUT2D eigenvalue weighted by Gasteiger charge is -2.08. The molecule has 0 radical (unpaired) electrons. The van der Waals surface area contributed by atoms with Crippen LogP contribution in [0.4, 0.5) is 5.69 Å². The molecule has 3 aromatic carbocycles. The summed E-state index contributed by atoms with van der Waals surface area (Å²) in [7, 11) is 1.79. The van der Waals surface area contributed by atoms with Crippen LogP contribution >= 0.6 is 27.7 Å². The highest BCUT2D eigenvalue weighted by Gasteiger charge is 2.16. The van der Waals surface area contributed by atoms with E-state index in [2.05, 4.69) is 31.4 Å². The number of aromatic hydroxyl groups is 1. The predicted molar refractivity (Wildman–Crippen MR) is 128 cm³/mol. The number of rotatable bonds is 7. The van der Waals surface area contributed by atoms with E-state index < -0.39 is 0 Å². The zero-order valence-corrected chi connectivity index (χ0v) is 19.4. The third-order valence-electron chi connectivity index (χ3n) is 4.48. The van der Waals surface area contributed by atoms with Crippen molar-refractivity contribution in [1.82, 2.24) is 14.8 Å². The highest BCUT2D eigenvalue weighted by atomic mass is 79.9. The number of para-hydroxylation sites is 1. The number of hydrogen-bond acceptors (Lipinski definition) is 6. The van der Waals surface area contributed by atoms with Gasteiger partial charge >= 0.3 is 0 Å². The molecule has 0 spiro atoms. The molecule has 0 saturated carbocycles. The molecular weight excluding hydrogens is 492 g/mol. The number of phenolic OH excluding ortho intramolecular Hbond substituents is 1. The second-order valence-electron chi connectivity index (χ2n) is 6.80. The smallest absolute Gasteiger partial charge is 0.234 e. The molecule has 4 aromatic rings. The number of amides is 1. The summed E-state index contributed by atoms with van der Waals surface area (Å²) >= 11 is 4.66. The first kappa shape index (κ1) is 21.9. The molecule has 2 N–H and O–H groups in total. The number of aromatic nitrogens is 3. The minimum Gasteiger partial charge on any atom is -0.507 e. The predicted octanol–water partition coefficient (Wildman–Crippen LogP) is 5.47. The van der Waals surface area contributed by atoms with Crippen molar-refractivity contribution in [3.8, 4) is 28.6 Å². The van der Waals surface area contributed by atoms with Crippen LogP contribution in [0.1, 0.15) is 0 Å². The van der Waals surface area contributed by atoms with Crippen LogP contribution in [0.15, 0.2) is 82.4 Å². The van der Waals surface area contributed by atoms with Gasteiger partial charge in [-0.15, -0.1) is 10.2 Å². The largest absolute Gasteiger partial charge is 0.507 e. The van der Waals surface area contributed by atoms with Gasteiger partial charge in [0.1, 0.15) is 17.2 Å². The number of anilines is 1. The summed E-state index contributed by atoms with van der Waals surface area (Å²) in [6.07, 6.45) is 0. The molecule has 9 heteroatoms. The molecular formula is C23H19BrN4O3S. The van der Waals surface area contributed by atoms with Gasteiger partial charge in [0.25, 0.3) is 0 Å². The number of nitrogens with one attached hydrogen (secondary N) is 1. The summed E-state index contributed by atoms with van der Waals surface area (Å²) < 4.78 is 8.32. The Labute approximate surface area is 197 Å². The maximum Gasteiger partial charge on any atom is 0.234 e. The number of phenols is 1. The van der Waals surface area contributed by atoms with Gasteiger partial charge in [0.2, 0.25) is 5.91 Å². The minimum atomic E-state index is -0.165. The Kier molecular flexibility index (Phi) is 6.77. The first-order chi connectivity index (χ1) is 15.5. The van der Waals surface area contributed by atoms with Gasteiger partial charge in [-0.1, -0.05) is 45.9 Å². The molecule has 7 nitrogen and oxygen atoms in total. The van der Waals surface area contributed by atoms with Crippen LogP contribution in [-0.4, -0.2) is 31.5 Å². The maximum absolute atomic E-state index is 12.4. The SMILES string of the molecule is Cn1c(SCC(=O)Nc2ccc(Oc3ccccc3)cc2)nnc1-c1cc(Br)ccc1O. The normalized spacial score (nSPS) is 10.7. The van der Waals surface area contributed by atoms with Crippen LogP contribution in [0, 0.1) is 0 Å². The van der Waals surface area contributed by atoms with Gasteiger partial charge in [0.15, 0.2) is 11.0 Å². The summed E-state index contributed by atoms with van der Waals surface area (Å²) in [5, 5.41) is 21.9. The summed E-state index contributed by atoms with van der Waals surface area (Å²) in [6.45, 7) is 0. The van der Waals surface area contributed by atoms with Gasteiger partial charge < -0.3 is 19.7 Å². The number of thioether (sulfide) groups is 1. The Bertz CT molecular complexity index is 1230. The van der Waals surface area contributed by atoms with Crippen molar-refractivity contribution in [3.05, 3.63) is 77.3 Å². The fourth-order valence-corrected chi connectivity index (χ4v) is 3.99.